The summed E-state index contributed by atoms with van der Waals surface area (Å²) >= 11 is 12.3. The summed E-state index contributed by atoms with van der Waals surface area (Å²) in [5.74, 6) is -1.96. The van der Waals surface area contributed by atoms with Crippen molar-refractivity contribution in [3.8, 4) is 11.3 Å². The third-order valence-corrected chi connectivity index (χ3v) is 4.42. The van der Waals surface area contributed by atoms with Gasteiger partial charge in [-0.05, 0) is 32.9 Å². The molecule has 0 aliphatic heterocycles. The predicted octanol–water partition coefficient (Wildman–Crippen LogP) is 3.80. The fourth-order valence-electron chi connectivity index (χ4n) is 2.15. The highest BCUT2D eigenvalue weighted by molar-refractivity contribution is 6.39. The standard InChI is InChI=1S/C16H16Cl2N2O4/c1-7(16(22)23)8(2)19-15(21)12-9(3)24-20-14(12)13-10(17)5-4-6-11(13)18/h4-8H,1-3H3,(H,19,21)(H,22,23). The first kappa shape index (κ1) is 18.3. The van der Waals surface area contributed by atoms with Crippen LogP contribution in [-0.2, 0) is 4.79 Å². The molecule has 2 aromatic rings. The average Bonchev–Trinajstić information content (AvgIpc) is 2.87. The van der Waals surface area contributed by atoms with Gasteiger partial charge in [-0.15, -0.1) is 0 Å². The van der Waals surface area contributed by atoms with Gasteiger partial charge in [-0.2, -0.15) is 0 Å². The maximum atomic E-state index is 12.6. The van der Waals surface area contributed by atoms with Crippen molar-refractivity contribution in [1.29, 1.82) is 0 Å². The largest absolute Gasteiger partial charge is 0.481 e. The molecule has 0 saturated carbocycles. The Morgan fingerprint density at radius 2 is 1.83 bits per heavy atom. The van der Waals surface area contributed by atoms with Crippen molar-refractivity contribution in [2.75, 3.05) is 0 Å². The fourth-order valence-corrected chi connectivity index (χ4v) is 2.73. The molecular weight excluding hydrogens is 355 g/mol. The van der Waals surface area contributed by atoms with Gasteiger partial charge in [-0.3, -0.25) is 9.59 Å². The molecule has 24 heavy (non-hydrogen) atoms. The number of hydrogen-bond donors (Lipinski definition) is 2. The molecule has 2 atom stereocenters. The number of benzene rings is 1. The molecule has 1 aromatic carbocycles. The maximum absolute atomic E-state index is 12.6. The zero-order chi connectivity index (χ0) is 18.0. The number of rotatable bonds is 5. The molecule has 0 radical (unpaired) electrons. The first-order valence-corrected chi connectivity index (χ1v) is 7.94. The first-order valence-electron chi connectivity index (χ1n) is 7.18. The van der Waals surface area contributed by atoms with Crippen molar-refractivity contribution in [2.24, 2.45) is 5.92 Å². The van der Waals surface area contributed by atoms with Crippen LogP contribution in [0.5, 0.6) is 0 Å². The topological polar surface area (TPSA) is 92.4 Å². The van der Waals surface area contributed by atoms with Gasteiger partial charge in [0, 0.05) is 11.6 Å². The molecule has 0 aliphatic rings. The Morgan fingerprint density at radius 3 is 2.38 bits per heavy atom. The lowest BCUT2D eigenvalue weighted by Gasteiger charge is -2.17. The Kier molecular flexibility index (Phi) is 5.51. The van der Waals surface area contributed by atoms with Crippen LogP contribution in [0.1, 0.15) is 30.0 Å². The van der Waals surface area contributed by atoms with E-state index < -0.39 is 23.8 Å². The number of carboxylic acid groups (broad SMARTS) is 1. The summed E-state index contributed by atoms with van der Waals surface area (Å²) in [5, 5.41) is 16.2. The van der Waals surface area contributed by atoms with Crippen molar-refractivity contribution in [1.82, 2.24) is 10.5 Å². The van der Waals surface area contributed by atoms with Crippen LogP contribution in [0.15, 0.2) is 22.7 Å². The highest BCUT2D eigenvalue weighted by Crippen LogP contribution is 2.36. The van der Waals surface area contributed by atoms with Crippen LogP contribution in [0.2, 0.25) is 10.0 Å². The number of aryl methyl sites for hydroxylation is 1. The van der Waals surface area contributed by atoms with Gasteiger partial charge in [0.15, 0.2) is 0 Å². The lowest BCUT2D eigenvalue weighted by molar-refractivity contribution is -0.141. The van der Waals surface area contributed by atoms with E-state index in [0.29, 0.717) is 15.6 Å². The molecule has 0 aliphatic carbocycles. The summed E-state index contributed by atoms with van der Waals surface area (Å²) in [6.45, 7) is 4.71. The average molecular weight is 371 g/mol. The van der Waals surface area contributed by atoms with E-state index in [-0.39, 0.29) is 17.0 Å². The van der Waals surface area contributed by atoms with Crippen LogP contribution in [-0.4, -0.2) is 28.2 Å². The quantitative estimate of drug-likeness (QED) is 0.834. The molecule has 0 bridgehead atoms. The Morgan fingerprint density at radius 1 is 1.25 bits per heavy atom. The third-order valence-electron chi connectivity index (χ3n) is 3.79. The highest BCUT2D eigenvalue weighted by Gasteiger charge is 2.28. The van der Waals surface area contributed by atoms with Gasteiger partial charge < -0.3 is 14.9 Å². The first-order chi connectivity index (χ1) is 11.2. The zero-order valence-electron chi connectivity index (χ0n) is 13.3. The minimum Gasteiger partial charge on any atom is -0.481 e. The minimum absolute atomic E-state index is 0.175. The zero-order valence-corrected chi connectivity index (χ0v) is 14.8. The van der Waals surface area contributed by atoms with Gasteiger partial charge in [0.2, 0.25) is 0 Å². The number of aliphatic carboxylic acids is 1. The summed E-state index contributed by atoms with van der Waals surface area (Å²) in [4.78, 5) is 23.6. The van der Waals surface area contributed by atoms with Crippen LogP contribution in [0.4, 0.5) is 0 Å². The Hall–Kier alpha value is -2.05. The van der Waals surface area contributed by atoms with E-state index in [0.717, 1.165) is 0 Å². The van der Waals surface area contributed by atoms with E-state index >= 15 is 0 Å². The van der Waals surface area contributed by atoms with Crippen LogP contribution in [0.3, 0.4) is 0 Å². The smallest absolute Gasteiger partial charge is 0.308 e. The third kappa shape index (κ3) is 3.55. The molecule has 2 rings (SSSR count). The second-order valence-corrected chi connectivity index (χ2v) is 6.26. The molecule has 0 spiro atoms. The Bertz CT molecular complexity index is 768. The molecule has 8 heteroatoms. The number of halogens is 2. The van der Waals surface area contributed by atoms with Crippen LogP contribution in [0.25, 0.3) is 11.3 Å². The van der Waals surface area contributed by atoms with Crippen molar-refractivity contribution in [2.45, 2.75) is 26.8 Å². The van der Waals surface area contributed by atoms with E-state index in [4.69, 9.17) is 32.8 Å². The molecule has 6 nitrogen and oxygen atoms in total. The van der Waals surface area contributed by atoms with E-state index in [1.165, 1.54) is 6.92 Å². The number of amides is 1. The summed E-state index contributed by atoms with van der Waals surface area (Å²) in [5.41, 5.74) is 0.784. The normalized spacial score (nSPS) is 13.4. The van der Waals surface area contributed by atoms with E-state index in [1.807, 2.05) is 0 Å². The van der Waals surface area contributed by atoms with Gasteiger partial charge in [0.25, 0.3) is 5.91 Å². The van der Waals surface area contributed by atoms with Gasteiger partial charge in [0.05, 0.1) is 16.0 Å². The second kappa shape index (κ2) is 7.23. The van der Waals surface area contributed by atoms with Crippen molar-refractivity contribution in [3.05, 3.63) is 39.6 Å². The molecule has 1 heterocycles. The minimum atomic E-state index is -1.00. The van der Waals surface area contributed by atoms with E-state index in [1.54, 1.807) is 32.0 Å². The summed E-state index contributed by atoms with van der Waals surface area (Å²) in [6, 6.07) is 4.35. The van der Waals surface area contributed by atoms with Crippen LogP contribution < -0.4 is 5.32 Å². The summed E-state index contributed by atoms with van der Waals surface area (Å²) in [6.07, 6.45) is 0. The number of aromatic nitrogens is 1. The monoisotopic (exact) mass is 370 g/mol. The molecule has 2 unspecified atom stereocenters. The number of nitrogens with zero attached hydrogens (tertiary/aromatic N) is 1. The van der Waals surface area contributed by atoms with E-state index in [9.17, 15) is 9.59 Å². The van der Waals surface area contributed by atoms with Gasteiger partial charge in [0.1, 0.15) is 17.0 Å². The molecular formula is C16H16Cl2N2O4. The number of carboxylic acids is 1. The van der Waals surface area contributed by atoms with Gasteiger partial charge in [-0.1, -0.05) is 34.4 Å². The predicted molar refractivity (Wildman–Crippen MR) is 90.4 cm³/mol. The van der Waals surface area contributed by atoms with Gasteiger partial charge in [-0.25, -0.2) is 0 Å². The lowest BCUT2D eigenvalue weighted by Crippen LogP contribution is -2.40. The van der Waals surface area contributed by atoms with Crippen molar-refractivity contribution < 1.29 is 19.2 Å². The summed E-state index contributed by atoms with van der Waals surface area (Å²) < 4.78 is 5.13. The second-order valence-electron chi connectivity index (χ2n) is 5.45. The SMILES string of the molecule is Cc1onc(-c2c(Cl)cccc2Cl)c1C(=O)NC(C)C(C)C(=O)O. The van der Waals surface area contributed by atoms with Gasteiger partial charge >= 0.3 is 5.97 Å². The molecule has 128 valence electrons. The van der Waals surface area contributed by atoms with E-state index in [2.05, 4.69) is 10.5 Å². The molecule has 1 amide bonds. The maximum Gasteiger partial charge on any atom is 0.308 e. The lowest BCUT2D eigenvalue weighted by atomic mass is 10.0. The van der Waals surface area contributed by atoms with Crippen molar-refractivity contribution >= 4 is 35.1 Å². The molecule has 0 saturated heterocycles. The number of nitrogens with one attached hydrogen (secondary N) is 1. The molecule has 0 fully saturated rings. The number of hydrogen-bond acceptors (Lipinski definition) is 4. The molecule has 1 aromatic heterocycles. The Balaban J connectivity index is 2.41. The van der Waals surface area contributed by atoms with Crippen LogP contribution in [0, 0.1) is 12.8 Å². The fraction of sp³-hybridized carbons (Fsp3) is 0.312. The summed E-state index contributed by atoms with van der Waals surface area (Å²) in [7, 11) is 0. The number of carbonyl (C=O) groups excluding carboxylic acids is 1. The number of carbonyl (C=O) groups is 2. The van der Waals surface area contributed by atoms with Crippen LogP contribution >= 0.6 is 23.2 Å². The van der Waals surface area contributed by atoms with Crippen molar-refractivity contribution in [3.63, 3.8) is 0 Å². The molecule has 2 N–H and O–H groups in total. The Labute approximate surface area is 148 Å². The highest BCUT2D eigenvalue weighted by atomic mass is 35.5.